The van der Waals surface area contributed by atoms with E-state index in [9.17, 15) is 9.59 Å². The molecule has 1 unspecified atom stereocenters. The Bertz CT molecular complexity index is 475. The van der Waals surface area contributed by atoms with Crippen molar-refractivity contribution in [1.29, 1.82) is 0 Å². The summed E-state index contributed by atoms with van der Waals surface area (Å²) in [6, 6.07) is 5.69. The molecular formula is C15H20N2O2. The molecular weight excluding hydrogens is 240 g/mol. The van der Waals surface area contributed by atoms with Crippen LogP contribution in [0.5, 0.6) is 0 Å². The number of carbonyl (C=O) groups excluding carboxylic acids is 2. The number of hydrogen-bond donors (Lipinski definition) is 2. The first-order valence-electron chi connectivity index (χ1n) is 6.86. The molecule has 19 heavy (non-hydrogen) atoms. The normalized spacial score (nSPS) is 18.2. The van der Waals surface area contributed by atoms with E-state index in [2.05, 4.69) is 24.5 Å². The van der Waals surface area contributed by atoms with Crippen LogP contribution in [0.4, 0.5) is 5.69 Å². The van der Waals surface area contributed by atoms with Crippen molar-refractivity contribution in [3.8, 4) is 0 Å². The largest absolute Gasteiger partial charge is 0.344 e. The molecule has 4 heteroatoms. The Morgan fingerprint density at radius 1 is 1.32 bits per heavy atom. The second-order valence-electron chi connectivity index (χ2n) is 4.81. The van der Waals surface area contributed by atoms with Crippen molar-refractivity contribution >= 4 is 17.5 Å². The SMILES string of the molecule is CCc1cccc(CC)c1NC(=O)C1CCC(=O)N1. The van der Waals surface area contributed by atoms with Crippen molar-refractivity contribution in [3.63, 3.8) is 0 Å². The van der Waals surface area contributed by atoms with Gasteiger partial charge in [-0.15, -0.1) is 0 Å². The van der Waals surface area contributed by atoms with Crippen LogP contribution in [0.1, 0.15) is 37.8 Å². The molecule has 0 spiro atoms. The minimum atomic E-state index is -0.387. The van der Waals surface area contributed by atoms with Gasteiger partial charge in [0.25, 0.3) is 0 Å². The van der Waals surface area contributed by atoms with Crippen molar-refractivity contribution in [1.82, 2.24) is 5.32 Å². The third-order valence-electron chi connectivity index (χ3n) is 3.56. The molecule has 1 fully saturated rings. The number of aryl methyl sites for hydroxylation is 2. The number of hydrogen-bond acceptors (Lipinski definition) is 2. The van der Waals surface area contributed by atoms with Gasteiger partial charge in [-0.1, -0.05) is 32.0 Å². The van der Waals surface area contributed by atoms with Gasteiger partial charge >= 0.3 is 0 Å². The van der Waals surface area contributed by atoms with E-state index in [1.807, 2.05) is 18.2 Å². The number of amides is 2. The minimum absolute atomic E-state index is 0.0420. The number of nitrogens with one attached hydrogen (secondary N) is 2. The minimum Gasteiger partial charge on any atom is -0.344 e. The molecule has 102 valence electrons. The van der Waals surface area contributed by atoms with Crippen molar-refractivity contribution in [2.45, 2.75) is 45.6 Å². The predicted octanol–water partition coefficient (Wildman–Crippen LogP) is 2.03. The Kier molecular flexibility index (Phi) is 4.20. The zero-order valence-corrected chi connectivity index (χ0v) is 11.5. The predicted molar refractivity (Wildman–Crippen MR) is 75.0 cm³/mol. The molecule has 0 aliphatic carbocycles. The molecule has 1 aliphatic heterocycles. The van der Waals surface area contributed by atoms with Gasteiger partial charge in [-0.3, -0.25) is 9.59 Å². The van der Waals surface area contributed by atoms with Crippen LogP contribution in [-0.2, 0) is 22.4 Å². The van der Waals surface area contributed by atoms with Gasteiger partial charge in [0, 0.05) is 12.1 Å². The van der Waals surface area contributed by atoms with Crippen molar-refractivity contribution in [2.24, 2.45) is 0 Å². The average molecular weight is 260 g/mol. The number of anilines is 1. The summed E-state index contributed by atoms with van der Waals surface area (Å²) in [4.78, 5) is 23.3. The molecule has 2 amide bonds. The number of benzene rings is 1. The Hall–Kier alpha value is -1.84. The van der Waals surface area contributed by atoms with Crippen LogP contribution in [0.3, 0.4) is 0 Å². The van der Waals surface area contributed by atoms with Crippen LogP contribution in [-0.4, -0.2) is 17.9 Å². The van der Waals surface area contributed by atoms with Crippen LogP contribution in [0.25, 0.3) is 0 Å². The molecule has 1 atom stereocenters. The van der Waals surface area contributed by atoms with Crippen LogP contribution >= 0.6 is 0 Å². The highest BCUT2D eigenvalue weighted by atomic mass is 16.2. The summed E-state index contributed by atoms with van der Waals surface area (Å²) < 4.78 is 0. The summed E-state index contributed by atoms with van der Waals surface area (Å²) in [5, 5.41) is 5.69. The molecule has 1 heterocycles. The Morgan fingerprint density at radius 2 is 1.95 bits per heavy atom. The second-order valence-corrected chi connectivity index (χ2v) is 4.81. The van der Waals surface area contributed by atoms with E-state index in [0.29, 0.717) is 12.8 Å². The smallest absolute Gasteiger partial charge is 0.246 e. The van der Waals surface area contributed by atoms with Crippen LogP contribution in [0.15, 0.2) is 18.2 Å². The average Bonchev–Trinajstić information content (AvgIpc) is 2.85. The number of para-hydroxylation sites is 1. The Morgan fingerprint density at radius 3 is 2.42 bits per heavy atom. The summed E-state index contributed by atoms with van der Waals surface area (Å²) >= 11 is 0. The highest BCUT2D eigenvalue weighted by Gasteiger charge is 2.27. The number of rotatable bonds is 4. The fourth-order valence-corrected chi connectivity index (χ4v) is 2.42. The van der Waals surface area contributed by atoms with E-state index in [1.165, 1.54) is 0 Å². The summed E-state index contributed by atoms with van der Waals surface area (Å²) in [6.07, 6.45) is 2.77. The molecule has 1 aromatic carbocycles. The van der Waals surface area contributed by atoms with Crippen molar-refractivity contribution < 1.29 is 9.59 Å². The van der Waals surface area contributed by atoms with Gasteiger partial charge in [0.15, 0.2) is 0 Å². The lowest BCUT2D eigenvalue weighted by Gasteiger charge is -2.17. The van der Waals surface area contributed by atoms with E-state index in [-0.39, 0.29) is 17.9 Å². The van der Waals surface area contributed by atoms with Gasteiger partial charge in [-0.25, -0.2) is 0 Å². The lowest BCUT2D eigenvalue weighted by atomic mass is 10.0. The fourth-order valence-electron chi connectivity index (χ4n) is 2.42. The maximum Gasteiger partial charge on any atom is 0.246 e. The molecule has 0 radical (unpaired) electrons. The third-order valence-corrected chi connectivity index (χ3v) is 3.56. The first kappa shape index (κ1) is 13.6. The second kappa shape index (κ2) is 5.87. The van der Waals surface area contributed by atoms with Gasteiger partial charge in [-0.05, 0) is 30.4 Å². The van der Waals surface area contributed by atoms with E-state index >= 15 is 0 Å². The first-order chi connectivity index (χ1) is 9.15. The standard InChI is InChI=1S/C15H20N2O2/c1-3-10-6-5-7-11(4-2)14(10)17-15(19)12-8-9-13(18)16-12/h5-7,12H,3-4,8-9H2,1-2H3,(H,16,18)(H,17,19). The topological polar surface area (TPSA) is 58.2 Å². The maximum atomic E-state index is 12.2. The van der Waals surface area contributed by atoms with Gasteiger partial charge in [0.05, 0.1) is 0 Å². The monoisotopic (exact) mass is 260 g/mol. The van der Waals surface area contributed by atoms with Crippen LogP contribution in [0.2, 0.25) is 0 Å². The lowest BCUT2D eigenvalue weighted by Crippen LogP contribution is -2.37. The highest BCUT2D eigenvalue weighted by Crippen LogP contribution is 2.23. The quantitative estimate of drug-likeness (QED) is 0.870. The maximum absolute atomic E-state index is 12.2. The van der Waals surface area contributed by atoms with Gasteiger partial charge < -0.3 is 10.6 Å². The summed E-state index contributed by atoms with van der Waals surface area (Å²) in [7, 11) is 0. The van der Waals surface area contributed by atoms with E-state index in [1.54, 1.807) is 0 Å². The van der Waals surface area contributed by atoms with Crippen molar-refractivity contribution in [2.75, 3.05) is 5.32 Å². The molecule has 0 bridgehead atoms. The van der Waals surface area contributed by atoms with Gasteiger partial charge in [0.2, 0.25) is 11.8 Å². The lowest BCUT2D eigenvalue weighted by molar-refractivity contribution is -0.122. The molecule has 4 nitrogen and oxygen atoms in total. The molecule has 0 aromatic heterocycles. The van der Waals surface area contributed by atoms with E-state index < -0.39 is 0 Å². The summed E-state index contributed by atoms with van der Waals surface area (Å²) in [5.74, 6) is -0.152. The summed E-state index contributed by atoms with van der Waals surface area (Å²) in [6.45, 7) is 4.14. The van der Waals surface area contributed by atoms with Crippen LogP contribution < -0.4 is 10.6 Å². The third kappa shape index (κ3) is 2.95. The van der Waals surface area contributed by atoms with E-state index in [4.69, 9.17) is 0 Å². The van der Waals surface area contributed by atoms with Crippen LogP contribution in [0, 0.1) is 0 Å². The fraction of sp³-hybridized carbons (Fsp3) is 0.467. The van der Waals surface area contributed by atoms with Gasteiger partial charge in [0.1, 0.15) is 6.04 Å². The number of carbonyl (C=O) groups is 2. The summed E-state index contributed by atoms with van der Waals surface area (Å²) in [5.41, 5.74) is 3.19. The first-order valence-corrected chi connectivity index (χ1v) is 6.86. The molecule has 1 aliphatic rings. The van der Waals surface area contributed by atoms with E-state index in [0.717, 1.165) is 29.7 Å². The highest BCUT2D eigenvalue weighted by molar-refractivity contribution is 5.99. The molecule has 1 saturated heterocycles. The van der Waals surface area contributed by atoms with Crippen molar-refractivity contribution in [3.05, 3.63) is 29.3 Å². The van der Waals surface area contributed by atoms with Gasteiger partial charge in [-0.2, -0.15) is 0 Å². The zero-order chi connectivity index (χ0) is 13.8. The molecule has 2 N–H and O–H groups in total. The zero-order valence-electron chi connectivity index (χ0n) is 11.5. The molecule has 0 saturated carbocycles. The Labute approximate surface area is 113 Å². The molecule has 1 aromatic rings. The Balaban J connectivity index is 2.18. The molecule has 2 rings (SSSR count).